The van der Waals surface area contributed by atoms with E-state index in [0.717, 1.165) is 42.6 Å². The summed E-state index contributed by atoms with van der Waals surface area (Å²) in [6, 6.07) is 10.0. The monoisotopic (exact) mass is 377 g/mol. The average Bonchev–Trinajstić information content (AvgIpc) is 3.43. The third kappa shape index (κ3) is 3.08. The quantitative estimate of drug-likeness (QED) is 0.702. The standard InChI is InChI=1S/C20H19N5OS/c26-20(17-13-27-19(23-17)14-4-2-1-3-5-14)25-11-15-9-24(10-16(15)12-25)18-8-21-6-7-22-18/h1-8,13,15-16H,9-12H2. The Bertz CT molecular complexity index is 931. The van der Waals surface area contributed by atoms with Crippen molar-refractivity contribution in [2.45, 2.75) is 0 Å². The van der Waals surface area contributed by atoms with Crippen LogP contribution in [0.2, 0.25) is 0 Å². The lowest BCUT2D eigenvalue weighted by molar-refractivity contribution is 0.0777. The van der Waals surface area contributed by atoms with Gasteiger partial charge in [0.15, 0.2) is 0 Å². The van der Waals surface area contributed by atoms with Gasteiger partial charge in [-0.25, -0.2) is 9.97 Å². The molecule has 2 aromatic heterocycles. The molecule has 6 nitrogen and oxygen atoms in total. The topological polar surface area (TPSA) is 62.2 Å². The zero-order valence-corrected chi connectivity index (χ0v) is 15.5. The molecule has 5 rings (SSSR count). The fraction of sp³-hybridized carbons (Fsp3) is 0.300. The maximum Gasteiger partial charge on any atom is 0.273 e. The average molecular weight is 377 g/mol. The minimum Gasteiger partial charge on any atom is -0.355 e. The SMILES string of the molecule is O=C(c1csc(-c2ccccc2)n1)N1CC2CN(c3cnccn3)CC2C1. The molecule has 2 aliphatic heterocycles. The van der Waals surface area contributed by atoms with Crippen LogP contribution in [0.25, 0.3) is 10.6 Å². The predicted octanol–water partition coefficient (Wildman–Crippen LogP) is 2.81. The van der Waals surface area contributed by atoms with Crippen LogP contribution < -0.4 is 4.90 Å². The minimum absolute atomic E-state index is 0.0499. The second-order valence-corrected chi connectivity index (χ2v) is 7.96. The molecule has 1 aromatic carbocycles. The van der Waals surface area contributed by atoms with E-state index in [2.05, 4.69) is 19.9 Å². The van der Waals surface area contributed by atoms with Crippen LogP contribution in [-0.4, -0.2) is 51.9 Å². The van der Waals surface area contributed by atoms with E-state index < -0.39 is 0 Å². The first kappa shape index (κ1) is 16.4. The van der Waals surface area contributed by atoms with Crippen molar-refractivity contribution in [1.82, 2.24) is 19.9 Å². The second-order valence-electron chi connectivity index (χ2n) is 7.10. The van der Waals surface area contributed by atoms with Crippen molar-refractivity contribution in [2.24, 2.45) is 11.8 Å². The maximum atomic E-state index is 12.9. The van der Waals surface area contributed by atoms with Gasteiger partial charge in [0.1, 0.15) is 16.5 Å². The van der Waals surface area contributed by atoms with Crippen molar-refractivity contribution < 1.29 is 4.79 Å². The summed E-state index contributed by atoms with van der Waals surface area (Å²) in [6.45, 7) is 3.44. The number of nitrogens with zero attached hydrogens (tertiary/aromatic N) is 5. The first-order valence-electron chi connectivity index (χ1n) is 9.09. The molecule has 7 heteroatoms. The molecule has 0 saturated carbocycles. The van der Waals surface area contributed by atoms with Gasteiger partial charge >= 0.3 is 0 Å². The summed E-state index contributed by atoms with van der Waals surface area (Å²) in [5.41, 5.74) is 1.61. The number of likely N-dealkylation sites (tertiary alicyclic amines) is 1. The summed E-state index contributed by atoms with van der Waals surface area (Å²) in [4.78, 5) is 30.3. The van der Waals surface area contributed by atoms with Gasteiger partial charge in [0.2, 0.25) is 0 Å². The molecule has 4 heterocycles. The van der Waals surface area contributed by atoms with Crippen molar-refractivity contribution in [3.05, 3.63) is 60.0 Å². The number of amides is 1. The molecule has 136 valence electrons. The van der Waals surface area contributed by atoms with Gasteiger partial charge in [0.25, 0.3) is 5.91 Å². The van der Waals surface area contributed by atoms with Crippen LogP contribution in [0.4, 0.5) is 5.82 Å². The smallest absolute Gasteiger partial charge is 0.273 e. The summed E-state index contributed by atoms with van der Waals surface area (Å²) in [5, 5.41) is 2.78. The van der Waals surface area contributed by atoms with Gasteiger partial charge in [-0.05, 0) is 0 Å². The van der Waals surface area contributed by atoms with E-state index in [1.54, 1.807) is 12.4 Å². The zero-order chi connectivity index (χ0) is 18.2. The second kappa shape index (κ2) is 6.74. The number of anilines is 1. The summed E-state index contributed by atoms with van der Waals surface area (Å²) in [6.07, 6.45) is 5.23. The van der Waals surface area contributed by atoms with Crippen molar-refractivity contribution in [3.8, 4) is 10.6 Å². The lowest BCUT2D eigenvalue weighted by Gasteiger charge is -2.21. The molecule has 0 spiro atoms. The Hall–Kier alpha value is -2.80. The number of rotatable bonds is 3. The molecule has 2 unspecified atom stereocenters. The molecule has 2 saturated heterocycles. The van der Waals surface area contributed by atoms with Crippen LogP contribution in [0.5, 0.6) is 0 Å². The van der Waals surface area contributed by atoms with E-state index in [1.165, 1.54) is 11.3 Å². The van der Waals surface area contributed by atoms with Gasteiger partial charge in [0, 0.05) is 61.4 Å². The highest BCUT2D eigenvalue weighted by molar-refractivity contribution is 7.13. The number of carbonyl (C=O) groups excluding carboxylic acids is 1. The molecule has 2 atom stereocenters. The summed E-state index contributed by atoms with van der Waals surface area (Å²) in [7, 11) is 0. The lowest BCUT2D eigenvalue weighted by Crippen LogP contribution is -2.33. The molecule has 1 amide bonds. The molecule has 2 fully saturated rings. The van der Waals surface area contributed by atoms with Crippen molar-refractivity contribution in [2.75, 3.05) is 31.1 Å². The van der Waals surface area contributed by atoms with Crippen LogP contribution in [0, 0.1) is 11.8 Å². The van der Waals surface area contributed by atoms with E-state index in [-0.39, 0.29) is 5.91 Å². The van der Waals surface area contributed by atoms with E-state index in [9.17, 15) is 4.79 Å². The van der Waals surface area contributed by atoms with Crippen molar-refractivity contribution in [1.29, 1.82) is 0 Å². The number of aromatic nitrogens is 3. The van der Waals surface area contributed by atoms with E-state index in [4.69, 9.17) is 0 Å². The van der Waals surface area contributed by atoms with Crippen molar-refractivity contribution in [3.63, 3.8) is 0 Å². The highest BCUT2D eigenvalue weighted by Gasteiger charge is 2.42. The summed E-state index contributed by atoms with van der Waals surface area (Å²) in [5.74, 6) is 1.96. The highest BCUT2D eigenvalue weighted by atomic mass is 32.1. The Kier molecular flexibility index (Phi) is 4.09. The Morgan fingerprint density at radius 3 is 2.52 bits per heavy atom. The molecule has 0 N–H and O–H groups in total. The molecule has 0 bridgehead atoms. The van der Waals surface area contributed by atoms with Gasteiger partial charge in [-0.1, -0.05) is 30.3 Å². The highest BCUT2D eigenvalue weighted by Crippen LogP contribution is 2.34. The van der Waals surface area contributed by atoms with Crippen LogP contribution >= 0.6 is 11.3 Å². The predicted molar refractivity (Wildman–Crippen MR) is 105 cm³/mol. The zero-order valence-electron chi connectivity index (χ0n) is 14.7. The van der Waals surface area contributed by atoms with Crippen LogP contribution in [0.3, 0.4) is 0 Å². The fourth-order valence-corrected chi connectivity index (χ4v) is 4.85. The van der Waals surface area contributed by atoms with Gasteiger partial charge < -0.3 is 9.80 Å². The van der Waals surface area contributed by atoms with Gasteiger partial charge in [-0.2, -0.15) is 0 Å². The Balaban J connectivity index is 1.26. The number of fused-ring (bicyclic) bond motifs is 1. The number of thiazole rings is 1. The van der Waals surface area contributed by atoms with E-state index in [1.807, 2.05) is 46.8 Å². The Morgan fingerprint density at radius 1 is 1.04 bits per heavy atom. The number of hydrogen-bond donors (Lipinski definition) is 0. The Morgan fingerprint density at radius 2 is 1.81 bits per heavy atom. The Labute approximate surface area is 161 Å². The van der Waals surface area contributed by atoms with Gasteiger partial charge in [0.05, 0.1) is 6.20 Å². The number of carbonyl (C=O) groups is 1. The molecule has 0 aliphatic carbocycles. The normalized spacial score (nSPS) is 21.5. The molecular formula is C20H19N5OS. The molecular weight excluding hydrogens is 358 g/mol. The summed E-state index contributed by atoms with van der Waals surface area (Å²) < 4.78 is 0. The van der Waals surface area contributed by atoms with Gasteiger partial charge in [-0.3, -0.25) is 9.78 Å². The molecule has 27 heavy (non-hydrogen) atoms. The van der Waals surface area contributed by atoms with Gasteiger partial charge in [-0.15, -0.1) is 11.3 Å². The minimum atomic E-state index is 0.0499. The van der Waals surface area contributed by atoms with Crippen LogP contribution in [-0.2, 0) is 0 Å². The largest absolute Gasteiger partial charge is 0.355 e. The number of hydrogen-bond acceptors (Lipinski definition) is 6. The third-order valence-electron chi connectivity index (χ3n) is 5.39. The molecule has 0 radical (unpaired) electrons. The lowest BCUT2D eigenvalue weighted by atomic mass is 10.0. The first-order chi connectivity index (χ1) is 13.3. The number of benzene rings is 1. The molecule has 2 aliphatic rings. The van der Waals surface area contributed by atoms with Crippen LogP contribution in [0.1, 0.15) is 10.5 Å². The third-order valence-corrected chi connectivity index (χ3v) is 6.28. The van der Waals surface area contributed by atoms with E-state index >= 15 is 0 Å². The van der Waals surface area contributed by atoms with Crippen molar-refractivity contribution >= 4 is 23.1 Å². The van der Waals surface area contributed by atoms with Crippen LogP contribution in [0.15, 0.2) is 54.3 Å². The van der Waals surface area contributed by atoms with E-state index in [0.29, 0.717) is 17.5 Å². The molecule has 3 aromatic rings. The summed E-state index contributed by atoms with van der Waals surface area (Å²) >= 11 is 1.53. The first-order valence-corrected chi connectivity index (χ1v) is 9.97. The maximum absolute atomic E-state index is 12.9. The fourth-order valence-electron chi connectivity index (χ4n) is 4.05.